The van der Waals surface area contributed by atoms with Crippen LogP contribution in [0.5, 0.6) is 0 Å². The second-order valence-electron chi connectivity index (χ2n) is 6.25. The van der Waals surface area contributed by atoms with E-state index in [2.05, 4.69) is 10.3 Å². The molecule has 1 N–H and O–H groups in total. The van der Waals surface area contributed by atoms with Gasteiger partial charge in [0.15, 0.2) is 0 Å². The first-order valence-corrected chi connectivity index (χ1v) is 9.80. The second-order valence-corrected chi connectivity index (χ2v) is 7.77. The maximum atomic E-state index is 12.4. The number of hydrogen-bond donors (Lipinski definition) is 1. The minimum atomic E-state index is -0.481. The molecule has 0 spiro atoms. The topological polar surface area (TPSA) is 85.1 Å². The van der Waals surface area contributed by atoms with Crippen molar-refractivity contribution in [2.45, 2.75) is 20.3 Å². The molecule has 0 unspecified atom stereocenters. The van der Waals surface area contributed by atoms with Crippen molar-refractivity contribution in [3.05, 3.63) is 79.3 Å². The van der Waals surface area contributed by atoms with E-state index in [1.807, 2.05) is 31.2 Å². The average molecular weight is 416 g/mol. The van der Waals surface area contributed by atoms with Gasteiger partial charge in [-0.2, -0.15) is 0 Å². The normalized spacial score (nSPS) is 10.7. The molecule has 3 aromatic rings. The van der Waals surface area contributed by atoms with E-state index in [9.17, 15) is 14.9 Å². The average Bonchev–Trinajstić information content (AvgIpc) is 3.03. The summed E-state index contributed by atoms with van der Waals surface area (Å²) in [5.74, 6) is -0.318. The fraction of sp³-hybridized carbons (Fsp3) is 0.200. The summed E-state index contributed by atoms with van der Waals surface area (Å²) >= 11 is 7.51. The number of nitrogens with zero attached hydrogens (tertiary/aromatic N) is 2. The number of rotatable bonds is 6. The Bertz CT molecular complexity index is 1030. The summed E-state index contributed by atoms with van der Waals surface area (Å²) in [5, 5.41) is 15.5. The number of aromatic nitrogens is 1. The smallest absolute Gasteiger partial charge is 0.273 e. The van der Waals surface area contributed by atoms with Gasteiger partial charge in [-0.15, -0.1) is 11.3 Å². The highest BCUT2D eigenvalue weighted by atomic mass is 35.5. The summed E-state index contributed by atoms with van der Waals surface area (Å²) < 4.78 is 0. The van der Waals surface area contributed by atoms with Gasteiger partial charge in [0, 0.05) is 45.6 Å². The predicted molar refractivity (Wildman–Crippen MR) is 111 cm³/mol. The lowest BCUT2D eigenvalue weighted by Gasteiger charge is -2.07. The molecule has 6 nitrogen and oxygen atoms in total. The van der Waals surface area contributed by atoms with Crippen molar-refractivity contribution in [3.8, 4) is 10.6 Å². The molecule has 0 aliphatic heterocycles. The number of carbonyl (C=O) groups excluding carboxylic acids is 1. The number of nitro groups is 1. The fourth-order valence-corrected chi connectivity index (χ4v) is 4.02. The number of nitrogens with one attached hydrogen (secondary N) is 1. The summed E-state index contributed by atoms with van der Waals surface area (Å²) in [6.45, 7) is 3.95. The van der Waals surface area contributed by atoms with Gasteiger partial charge in [-0.25, -0.2) is 4.98 Å². The lowest BCUT2D eigenvalue weighted by atomic mass is 10.1. The zero-order valence-corrected chi connectivity index (χ0v) is 16.9. The summed E-state index contributed by atoms with van der Waals surface area (Å²) in [7, 11) is 0. The first-order valence-electron chi connectivity index (χ1n) is 8.61. The molecule has 8 heteroatoms. The zero-order valence-electron chi connectivity index (χ0n) is 15.4. The third-order valence-corrected chi connectivity index (χ3v) is 5.89. The van der Waals surface area contributed by atoms with Crippen molar-refractivity contribution < 1.29 is 9.72 Å². The lowest BCUT2D eigenvalue weighted by molar-refractivity contribution is -0.385. The lowest BCUT2D eigenvalue weighted by Crippen LogP contribution is -2.26. The van der Waals surface area contributed by atoms with Gasteiger partial charge in [0.2, 0.25) is 0 Å². The highest BCUT2D eigenvalue weighted by Gasteiger charge is 2.18. The maximum absolute atomic E-state index is 12.4. The maximum Gasteiger partial charge on any atom is 0.273 e. The quantitative estimate of drug-likeness (QED) is 0.455. The Labute approximate surface area is 171 Å². The molecule has 2 aromatic carbocycles. The monoisotopic (exact) mass is 415 g/mol. The number of amides is 1. The first-order chi connectivity index (χ1) is 13.4. The minimum Gasteiger partial charge on any atom is -0.352 e. The van der Waals surface area contributed by atoms with E-state index < -0.39 is 4.92 Å². The Hall–Kier alpha value is -2.77. The van der Waals surface area contributed by atoms with E-state index in [4.69, 9.17) is 11.6 Å². The SMILES string of the molecule is Cc1nc(-c2ccc(Cl)cc2)sc1CCNC(=O)c1cccc([N+](=O)[O-])c1C. The first kappa shape index (κ1) is 20.0. The van der Waals surface area contributed by atoms with Crippen molar-refractivity contribution in [2.75, 3.05) is 6.54 Å². The van der Waals surface area contributed by atoms with Crippen molar-refractivity contribution in [3.63, 3.8) is 0 Å². The Balaban J connectivity index is 1.66. The zero-order chi connectivity index (χ0) is 20.3. The van der Waals surface area contributed by atoms with E-state index in [0.717, 1.165) is 21.1 Å². The van der Waals surface area contributed by atoms with Crippen LogP contribution in [0.25, 0.3) is 10.6 Å². The van der Waals surface area contributed by atoms with Crippen LogP contribution in [-0.2, 0) is 6.42 Å². The molecule has 0 aliphatic rings. The Morgan fingerprint density at radius 3 is 2.61 bits per heavy atom. The molecule has 0 bridgehead atoms. The molecule has 1 aromatic heterocycles. The number of nitro benzene ring substituents is 1. The van der Waals surface area contributed by atoms with Gasteiger partial charge in [-0.1, -0.05) is 29.8 Å². The third-order valence-electron chi connectivity index (χ3n) is 4.37. The van der Waals surface area contributed by atoms with Crippen LogP contribution in [0, 0.1) is 24.0 Å². The van der Waals surface area contributed by atoms with Crippen molar-refractivity contribution in [1.82, 2.24) is 10.3 Å². The van der Waals surface area contributed by atoms with Gasteiger partial charge < -0.3 is 5.32 Å². The number of aryl methyl sites for hydroxylation is 1. The van der Waals surface area contributed by atoms with Crippen molar-refractivity contribution in [2.24, 2.45) is 0 Å². The van der Waals surface area contributed by atoms with Crippen LogP contribution in [0.15, 0.2) is 42.5 Å². The molecule has 0 saturated heterocycles. The molecule has 0 aliphatic carbocycles. The van der Waals surface area contributed by atoms with Crippen LogP contribution in [-0.4, -0.2) is 22.4 Å². The van der Waals surface area contributed by atoms with E-state index >= 15 is 0 Å². The van der Waals surface area contributed by atoms with Crippen LogP contribution >= 0.6 is 22.9 Å². The summed E-state index contributed by atoms with van der Waals surface area (Å²) in [5.41, 5.74) is 2.55. The van der Waals surface area contributed by atoms with Crippen LogP contribution in [0.1, 0.15) is 26.5 Å². The van der Waals surface area contributed by atoms with E-state index in [1.165, 1.54) is 12.1 Å². The van der Waals surface area contributed by atoms with E-state index in [1.54, 1.807) is 24.3 Å². The standard InChI is InChI=1S/C20H18ClN3O3S/c1-12-16(4-3-5-17(12)24(26)27)19(25)22-11-10-18-13(2)23-20(28-18)14-6-8-15(21)9-7-14/h3-9H,10-11H2,1-2H3,(H,22,25). The molecule has 0 radical (unpaired) electrons. The van der Waals surface area contributed by atoms with E-state index in [-0.39, 0.29) is 11.6 Å². The molecule has 144 valence electrons. The largest absolute Gasteiger partial charge is 0.352 e. The van der Waals surface area contributed by atoms with Gasteiger partial charge in [0.25, 0.3) is 11.6 Å². The van der Waals surface area contributed by atoms with Crippen LogP contribution in [0.4, 0.5) is 5.69 Å². The Morgan fingerprint density at radius 2 is 1.93 bits per heavy atom. The van der Waals surface area contributed by atoms with Gasteiger partial charge in [-0.3, -0.25) is 14.9 Å². The second kappa shape index (κ2) is 8.50. The number of halogens is 1. The minimum absolute atomic E-state index is 0.0569. The summed E-state index contributed by atoms with van der Waals surface area (Å²) in [4.78, 5) is 28.7. The number of carbonyl (C=O) groups is 1. The molecule has 0 fully saturated rings. The highest BCUT2D eigenvalue weighted by molar-refractivity contribution is 7.15. The Kier molecular flexibility index (Phi) is 6.06. The van der Waals surface area contributed by atoms with Crippen LogP contribution < -0.4 is 5.32 Å². The predicted octanol–water partition coefficient (Wildman–Crippen LogP) is 4.96. The van der Waals surface area contributed by atoms with E-state index in [0.29, 0.717) is 29.1 Å². The highest BCUT2D eigenvalue weighted by Crippen LogP contribution is 2.29. The molecule has 1 heterocycles. The van der Waals surface area contributed by atoms with Crippen LogP contribution in [0.2, 0.25) is 5.02 Å². The molecular formula is C20H18ClN3O3S. The summed E-state index contributed by atoms with van der Waals surface area (Å²) in [6.07, 6.45) is 0.636. The molecule has 0 saturated carbocycles. The number of hydrogen-bond acceptors (Lipinski definition) is 5. The molecule has 3 rings (SSSR count). The molecule has 28 heavy (non-hydrogen) atoms. The van der Waals surface area contributed by atoms with Crippen molar-refractivity contribution in [1.29, 1.82) is 0 Å². The molecule has 0 atom stereocenters. The number of thiazole rings is 1. The third kappa shape index (κ3) is 4.37. The van der Waals surface area contributed by atoms with Gasteiger partial charge in [0.05, 0.1) is 10.6 Å². The van der Waals surface area contributed by atoms with Gasteiger partial charge in [-0.05, 0) is 32.0 Å². The molecular weight excluding hydrogens is 398 g/mol. The summed E-state index contributed by atoms with van der Waals surface area (Å²) in [6, 6.07) is 12.0. The Morgan fingerprint density at radius 1 is 1.21 bits per heavy atom. The molecule has 1 amide bonds. The number of benzene rings is 2. The van der Waals surface area contributed by atoms with Gasteiger partial charge in [0.1, 0.15) is 5.01 Å². The van der Waals surface area contributed by atoms with Crippen molar-refractivity contribution >= 4 is 34.5 Å². The van der Waals surface area contributed by atoms with Crippen LogP contribution in [0.3, 0.4) is 0 Å². The fourth-order valence-electron chi connectivity index (χ4n) is 2.83. The van der Waals surface area contributed by atoms with Gasteiger partial charge >= 0.3 is 0 Å².